The van der Waals surface area contributed by atoms with Gasteiger partial charge in [-0.3, -0.25) is 15.2 Å². The number of carbonyl (C=O) groups is 1. The summed E-state index contributed by atoms with van der Waals surface area (Å²) >= 11 is 0. The maximum atomic E-state index is 13.9. The fourth-order valence-corrected chi connectivity index (χ4v) is 3.94. The number of nitrogens with one attached hydrogen (secondary N) is 2. The van der Waals surface area contributed by atoms with Gasteiger partial charge in [-0.1, -0.05) is 37.3 Å². The van der Waals surface area contributed by atoms with E-state index in [0.29, 0.717) is 26.1 Å². The Morgan fingerprint density at radius 1 is 1.13 bits per heavy atom. The molecule has 0 spiro atoms. The van der Waals surface area contributed by atoms with Crippen molar-refractivity contribution in [3.05, 3.63) is 101 Å². The van der Waals surface area contributed by atoms with Crippen LogP contribution in [0.2, 0.25) is 0 Å². The molecule has 0 aliphatic rings. The molecule has 7 nitrogen and oxygen atoms in total. The maximum absolute atomic E-state index is 13.9. The van der Waals surface area contributed by atoms with Gasteiger partial charge in [0.25, 0.3) is 0 Å². The number of hydrogen-bond donors (Lipinski definition) is 3. The van der Waals surface area contributed by atoms with Gasteiger partial charge in [0.1, 0.15) is 12.4 Å². The van der Waals surface area contributed by atoms with Crippen LogP contribution in [0, 0.1) is 5.41 Å². The topological polar surface area (TPSA) is 104 Å². The van der Waals surface area contributed by atoms with Crippen molar-refractivity contribution in [3.63, 3.8) is 0 Å². The second-order valence-corrected chi connectivity index (χ2v) is 8.78. The van der Waals surface area contributed by atoms with Gasteiger partial charge in [-0.2, -0.15) is 4.39 Å². The number of aromatic nitrogens is 1. The zero-order chi connectivity index (χ0) is 27.5. The van der Waals surface area contributed by atoms with Crippen molar-refractivity contribution in [2.24, 2.45) is 0 Å². The summed E-state index contributed by atoms with van der Waals surface area (Å²) in [5, 5.41) is 10.7. The molecule has 0 saturated heterocycles. The van der Waals surface area contributed by atoms with E-state index in [1.54, 1.807) is 38.5 Å². The fourth-order valence-electron chi connectivity index (χ4n) is 3.94. The number of allylic oxidation sites excluding steroid dienone is 1. The number of hydrogen-bond acceptors (Lipinski definition) is 6. The van der Waals surface area contributed by atoms with Gasteiger partial charge in [-0.15, -0.1) is 0 Å². The Morgan fingerprint density at radius 3 is 2.50 bits per heavy atom. The second-order valence-electron chi connectivity index (χ2n) is 8.78. The van der Waals surface area contributed by atoms with Crippen molar-refractivity contribution in [3.8, 4) is 5.75 Å². The lowest BCUT2D eigenvalue weighted by molar-refractivity contribution is -0.123. The minimum Gasteiger partial charge on any atom is -0.492 e. The molecule has 0 aliphatic heterocycles. The molecule has 0 atom stereocenters. The highest BCUT2D eigenvalue weighted by atomic mass is 19.1. The molecule has 8 heteroatoms. The van der Waals surface area contributed by atoms with Crippen molar-refractivity contribution in [2.75, 3.05) is 39.5 Å². The van der Waals surface area contributed by atoms with Gasteiger partial charge in [0.05, 0.1) is 5.56 Å². The Hall–Kier alpha value is -4.30. The number of likely N-dealkylation sites (N-methyl/N-ethyl adjacent to an activating group) is 1. The standard InChI is InChI=1S/C30H34FN5O2/c1-4-25(23-7-5-16-35-20-23)29(22-11-14-27(32)26(19-22)30(31)33)21-9-12-24(13-10-21)38-18-17-34-15-6-8-28(37)36(2)3/h5-14,16,19-20,33-34H,4,15,17-18,32H2,1-3H3/b8-6+,29-25+,33-30?. The predicted octanol–water partition coefficient (Wildman–Crippen LogP) is 4.94. The Bertz CT molecular complexity index is 1300. The lowest BCUT2D eigenvalue weighted by Crippen LogP contribution is -2.22. The van der Waals surface area contributed by atoms with Crippen LogP contribution in [-0.2, 0) is 4.79 Å². The largest absolute Gasteiger partial charge is 0.492 e. The lowest BCUT2D eigenvalue weighted by atomic mass is 9.88. The number of halogens is 1. The van der Waals surface area contributed by atoms with E-state index in [4.69, 9.17) is 15.9 Å². The molecule has 0 unspecified atom stereocenters. The molecule has 198 valence electrons. The van der Waals surface area contributed by atoms with Crippen molar-refractivity contribution in [2.45, 2.75) is 13.3 Å². The number of nitrogens with two attached hydrogens (primary N) is 1. The average Bonchev–Trinajstić information content (AvgIpc) is 2.92. The van der Waals surface area contributed by atoms with Crippen LogP contribution in [0.25, 0.3) is 11.1 Å². The molecule has 0 fully saturated rings. The van der Waals surface area contributed by atoms with E-state index in [1.807, 2.05) is 48.7 Å². The number of carbonyl (C=O) groups excluding carboxylic acids is 1. The smallest absolute Gasteiger partial charge is 0.245 e. The highest BCUT2D eigenvalue weighted by molar-refractivity contribution is 6.02. The van der Waals surface area contributed by atoms with E-state index in [9.17, 15) is 9.18 Å². The summed E-state index contributed by atoms with van der Waals surface area (Å²) in [6.45, 7) is 3.73. The van der Waals surface area contributed by atoms with Crippen molar-refractivity contribution >= 4 is 28.7 Å². The SMILES string of the molecule is CC/C(=C(/c1ccc(OCCNC/C=C/C(=O)N(C)C)cc1)c1ccc(N)c(C(=N)F)c1)c1cccnc1. The number of amides is 1. The Balaban J connectivity index is 1.81. The van der Waals surface area contributed by atoms with Crippen LogP contribution in [0.15, 0.2) is 79.1 Å². The van der Waals surface area contributed by atoms with E-state index >= 15 is 0 Å². The van der Waals surface area contributed by atoms with Crippen LogP contribution in [0.3, 0.4) is 0 Å². The highest BCUT2D eigenvalue weighted by Gasteiger charge is 2.16. The maximum Gasteiger partial charge on any atom is 0.245 e. The molecule has 0 bridgehead atoms. The van der Waals surface area contributed by atoms with Gasteiger partial charge >= 0.3 is 0 Å². The lowest BCUT2D eigenvalue weighted by Gasteiger charge is -2.17. The average molecular weight is 516 g/mol. The zero-order valence-electron chi connectivity index (χ0n) is 22.0. The van der Waals surface area contributed by atoms with Crippen LogP contribution in [-0.4, -0.2) is 55.5 Å². The number of anilines is 1. The Morgan fingerprint density at radius 2 is 1.87 bits per heavy atom. The summed E-state index contributed by atoms with van der Waals surface area (Å²) in [6, 6.07) is 16.7. The monoisotopic (exact) mass is 515 g/mol. The molecule has 1 amide bonds. The van der Waals surface area contributed by atoms with E-state index in [-0.39, 0.29) is 17.2 Å². The quantitative estimate of drug-likeness (QED) is 0.137. The molecule has 0 saturated carbocycles. The van der Waals surface area contributed by atoms with Gasteiger partial charge in [0, 0.05) is 51.3 Å². The number of nitrogen functional groups attached to an aromatic ring is 1. The van der Waals surface area contributed by atoms with Crippen LogP contribution < -0.4 is 15.8 Å². The van der Waals surface area contributed by atoms with Gasteiger partial charge < -0.3 is 20.7 Å². The third-order valence-electron chi connectivity index (χ3n) is 5.90. The molecule has 1 heterocycles. The summed E-state index contributed by atoms with van der Waals surface area (Å²) < 4.78 is 19.8. The first-order valence-electron chi connectivity index (χ1n) is 12.4. The molecule has 1 aromatic heterocycles. The van der Waals surface area contributed by atoms with E-state index in [2.05, 4.69) is 17.2 Å². The number of nitrogens with zero attached hydrogens (tertiary/aromatic N) is 2. The minimum atomic E-state index is -1.07. The van der Waals surface area contributed by atoms with Crippen LogP contribution in [0.1, 0.15) is 35.6 Å². The summed E-state index contributed by atoms with van der Waals surface area (Å²) in [7, 11) is 3.42. The van der Waals surface area contributed by atoms with Crippen LogP contribution in [0.4, 0.5) is 10.1 Å². The number of pyridine rings is 1. The van der Waals surface area contributed by atoms with Gasteiger partial charge in [0.15, 0.2) is 0 Å². The van der Waals surface area contributed by atoms with E-state index in [1.165, 1.54) is 11.0 Å². The summed E-state index contributed by atoms with van der Waals surface area (Å²) in [5.41, 5.74) is 10.8. The summed E-state index contributed by atoms with van der Waals surface area (Å²) in [4.78, 5) is 17.3. The Labute approximate surface area is 223 Å². The van der Waals surface area contributed by atoms with Crippen LogP contribution in [0.5, 0.6) is 5.75 Å². The second kappa shape index (κ2) is 13.9. The first kappa shape index (κ1) is 28.3. The molecule has 0 radical (unpaired) electrons. The Kier molecular flexibility index (Phi) is 10.3. The normalized spacial score (nSPS) is 11.8. The van der Waals surface area contributed by atoms with Gasteiger partial charge in [-0.25, -0.2) is 0 Å². The number of ether oxygens (including phenoxy) is 1. The van der Waals surface area contributed by atoms with Gasteiger partial charge in [0.2, 0.25) is 11.9 Å². The van der Waals surface area contributed by atoms with Crippen molar-refractivity contribution in [1.82, 2.24) is 15.2 Å². The van der Waals surface area contributed by atoms with E-state index < -0.39 is 5.97 Å². The van der Waals surface area contributed by atoms with E-state index in [0.717, 1.165) is 33.6 Å². The first-order chi connectivity index (χ1) is 18.3. The molecule has 4 N–H and O–H groups in total. The summed E-state index contributed by atoms with van der Waals surface area (Å²) in [6.07, 6.45) is 7.57. The molecule has 3 aromatic rings. The highest BCUT2D eigenvalue weighted by Crippen LogP contribution is 2.36. The number of benzene rings is 2. The zero-order valence-corrected chi connectivity index (χ0v) is 22.0. The third-order valence-corrected chi connectivity index (χ3v) is 5.90. The summed E-state index contributed by atoms with van der Waals surface area (Å²) in [5.74, 6) is -0.402. The van der Waals surface area contributed by atoms with Crippen molar-refractivity contribution in [1.29, 1.82) is 5.41 Å². The molecule has 0 aliphatic carbocycles. The predicted molar refractivity (Wildman–Crippen MR) is 152 cm³/mol. The molecule has 3 rings (SSSR count). The minimum absolute atomic E-state index is 0.0514. The van der Waals surface area contributed by atoms with Crippen molar-refractivity contribution < 1.29 is 13.9 Å². The molecule has 38 heavy (non-hydrogen) atoms. The van der Waals surface area contributed by atoms with Crippen LogP contribution >= 0.6 is 0 Å². The first-order valence-corrected chi connectivity index (χ1v) is 12.4. The molecule has 2 aromatic carbocycles. The van der Waals surface area contributed by atoms with Gasteiger partial charge in [-0.05, 0) is 64.6 Å². The molecular weight excluding hydrogens is 481 g/mol. The number of rotatable bonds is 12. The fraction of sp³-hybridized carbons (Fsp3) is 0.233. The third kappa shape index (κ3) is 7.60. The molecular formula is C30H34FN5O2.